The van der Waals surface area contributed by atoms with Gasteiger partial charge in [-0.3, -0.25) is 9.69 Å². The largest absolute Gasteiger partial charge is 0.298 e. The second-order valence-electron chi connectivity index (χ2n) is 5.25. The highest BCUT2D eigenvalue weighted by molar-refractivity contribution is 5.85. The van der Waals surface area contributed by atoms with Crippen LogP contribution < -0.4 is 0 Å². The minimum atomic E-state index is 0.175. The van der Waals surface area contributed by atoms with E-state index in [2.05, 4.69) is 18.7 Å². The molecule has 1 heterocycles. The molecule has 1 fully saturated rings. The quantitative estimate of drug-likeness (QED) is 0.715. The van der Waals surface area contributed by atoms with Crippen LogP contribution in [0.2, 0.25) is 0 Å². The van der Waals surface area contributed by atoms with Crippen LogP contribution in [0.3, 0.4) is 0 Å². The molecule has 0 spiro atoms. The van der Waals surface area contributed by atoms with Gasteiger partial charge in [0, 0.05) is 12.0 Å². The van der Waals surface area contributed by atoms with Gasteiger partial charge in [-0.25, -0.2) is 0 Å². The number of likely N-dealkylation sites (tertiary alicyclic amines) is 1. The average Bonchev–Trinajstić information content (AvgIpc) is 2.40. The fraction of sp³-hybridized carbons (Fsp3) is 0.923. The Bertz CT molecular complexity index is 211. The van der Waals surface area contributed by atoms with Crippen molar-refractivity contribution in [2.24, 2.45) is 5.92 Å². The zero-order chi connectivity index (χ0) is 11.4. The second-order valence-corrected chi connectivity index (χ2v) is 5.25. The molecule has 1 aliphatic rings. The SMILES string of the molecule is CC(C)C(=O)C1CCCCCN1C(C)C. The Balaban J connectivity index is 2.74. The molecule has 0 amide bonds. The zero-order valence-electron chi connectivity index (χ0n) is 10.6. The normalized spacial score (nSPS) is 24.5. The van der Waals surface area contributed by atoms with Crippen LogP contribution in [0.1, 0.15) is 53.4 Å². The molecule has 15 heavy (non-hydrogen) atoms. The Labute approximate surface area is 94.0 Å². The molecule has 2 nitrogen and oxygen atoms in total. The number of nitrogens with zero attached hydrogens (tertiary/aromatic N) is 1. The first-order valence-electron chi connectivity index (χ1n) is 6.33. The molecule has 0 N–H and O–H groups in total. The van der Waals surface area contributed by atoms with E-state index in [1.54, 1.807) is 0 Å². The third kappa shape index (κ3) is 3.30. The number of carbonyl (C=O) groups excluding carboxylic acids is 1. The molecule has 1 saturated heterocycles. The topological polar surface area (TPSA) is 20.3 Å². The van der Waals surface area contributed by atoms with Crippen LogP contribution in [0.15, 0.2) is 0 Å². The van der Waals surface area contributed by atoms with E-state index in [0.29, 0.717) is 11.8 Å². The highest BCUT2D eigenvalue weighted by Gasteiger charge is 2.29. The van der Waals surface area contributed by atoms with Crippen molar-refractivity contribution in [1.29, 1.82) is 0 Å². The molecule has 0 bridgehead atoms. The fourth-order valence-electron chi connectivity index (χ4n) is 2.44. The zero-order valence-corrected chi connectivity index (χ0v) is 10.6. The van der Waals surface area contributed by atoms with Crippen LogP contribution in [0, 0.1) is 5.92 Å². The first-order chi connectivity index (χ1) is 7.04. The predicted molar refractivity (Wildman–Crippen MR) is 63.9 cm³/mol. The van der Waals surface area contributed by atoms with Gasteiger partial charge in [-0.05, 0) is 33.2 Å². The van der Waals surface area contributed by atoms with Crippen LogP contribution >= 0.6 is 0 Å². The first kappa shape index (κ1) is 12.7. The molecule has 0 radical (unpaired) electrons. The lowest BCUT2D eigenvalue weighted by Crippen LogP contribution is -2.46. The van der Waals surface area contributed by atoms with E-state index in [1.807, 2.05) is 13.8 Å². The average molecular weight is 211 g/mol. The van der Waals surface area contributed by atoms with Crippen molar-refractivity contribution in [1.82, 2.24) is 4.90 Å². The molecule has 0 saturated carbocycles. The summed E-state index contributed by atoms with van der Waals surface area (Å²) in [5, 5.41) is 0. The summed E-state index contributed by atoms with van der Waals surface area (Å²) < 4.78 is 0. The number of hydrogen-bond donors (Lipinski definition) is 0. The Morgan fingerprint density at radius 2 is 1.80 bits per heavy atom. The molecular formula is C13H25NO. The molecule has 2 heteroatoms. The van der Waals surface area contributed by atoms with Crippen LogP contribution in [0.5, 0.6) is 0 Å². The van der Waals surface area contributed by atoms with Crippen LogP contribution in [0.4, 0.5) is 0 Å². The van der Waals surface area contributed by atoms with Crippen molar-refractivity contribution >= 4 is 5.78 Å². The van der Waals surface area contributed by atoms with Gasteiger partial charge in [0.05, 0.1) is 6.04 Å². The van der Waals surface area contributed by atoms with Crippen molar-refractivity contribution < 1.29 is 4.79 Å². The van der Waals surface area contributed by atoms with Gasteiger partial charge < -0.3 is 0 Å². The Hall–Kier alpha value is -0.370. The summed E-state index contributed by atoms with van der Waals surface area (Å²) in [6.07, 6.45) is 4.81. The van der Waals surface area contributed by atoms with E-state index >= 15 is 0 Å². The Kier molecular flexibility index (Phi) is 4.78. The fourth-order valence-corrected chi connectivity index (χ4v) is 2.44. The maximum Gasteiger partial charge on any atom is 0.152 e. The molecule has 0 aromatic heterocycles. The number of Topliss-reactive ketones (excluding diaryl/α,β-unsaturated/α-hetero) is 1. The summed E-state index contributed by atoms with van der Waals surface area (Å²) >= 11 is 0. The molecule has 0 aromatic carbocycles. The van der Waals surface area contributed by atoms with E-state index < -0.39 is 0 Å². The summed E-state index contributed by atoms with van der Waals surface area (Å²) in [5.41, 5.74) is 0. The van der Waals surface area contributed by atoms with E-state index in [4.69, 9.17) is 0 Å². The molecule has 88 valence electrons. The summed E-state index contributed by atoms with van der Waals surface area (Å²) in [6, 6.07) is 0.684. The van der Waals surface area contributed by atoms with Gasteiger partial charge in [-0.15, -0.1) is 0 Å². The summed E-state index contributed by atoms with van der Waals surface area (Å²) in [7, 11) is 0. The lowest BCUT2D eigenvalue weighted by Gasteiger charge is -2.33. The number of ketones is 1. The molecule has 1 aliphatic heterocycles. The number of hydrogen-bond acceptors (Lipinski definition) is 2. The van der Waals surface area contributed by atoms with Crippen molar-refractivity contribution in [3.05, 3.63) is 0 Å². The van der Waals surface area contributed by atoms with Gasteiger partial charge in [0.15, 0.2) is 5.78 Å². The van der Waals surface area contributed by atoms with Crippen molar-refractivity contribution in [3.8, 4) is 0 Å². The molecule has 1 atom stereocenters. The molecule has 0 aromatic rings. The van der Waals surface area contributed by atoms with Crippen molar-refractivity contribution in [2.45, 2.75) is 65.5 Å². The van der Waals surface area contributed by atoms with E-state index in [1.165, 1.54) is 19.3 Å². The second kappa shape index (κ2) is 5.64. The standard InChI is InChI=1S/C13H25NO/c1-10(2)13(15)12-8-6-5-7-9-14(12)11(3)4/h10-12H,5-9H2,1-4H3. The summed E-state index contributed by atoms with van der Waals surface area (Å²) in [5.74, 6) is 0.611. The minimum absolute atomic E-state index is 0.175. The molecule has 1 unspecified atom stereocenters. The third-order valence-corrected chi connectivity index (χ3v) is 3.35. The Morgan fingerprint density at radius 1 is 1.13 bits per heavy atom. The molecular weight excluding hydrogens is 186 g/mol. The Morgan fingerprint density at radius 3 is 2.33 bits per heavy atom. The highest BCUT2D eigenvalue weighted by Crippen LogP contribution is 2.21. The number of carbonyl (C=O) groups is 1. The van der Waals surface area contributed by atoms with Gasteiger partial charge in [0.1, 0.15) is 0 Å². The van der Waals surface area contributed by atoms with Gasteiger partial charge >= 0.3 is 0 Å². The van der Waals surface area contributed by atoms with Gasteiger partial charge in [-0.2, -0.15) is 0 Å². The highest BCUT2D eigenvalue weighted by atomic mass is 16.1. The first-order valence-corrected chi connectivity index (χ1v) is 6.33. The van der Waals surface area contributed by atoms with Crippen molar-refractivity contribution in [2.75, 3.05) is 6.54 Å². The monoisotopic (exact) mass is 211 g/mol. The lowest BCUT2D eigenvalue weighted by atomic mass is 9.96. The molecule has 1 rings (SSSR count). The van der Waals surface area contributed by atoms with Gasteiger partial charge in [0.2, 0.25) is 0 Å². The van der Waals surface area contributed by atoms with Crippen LogP contribution in [-0.2, 0) is 4.79 Å². The third-order valence-electron chi connectivity index (χ3n) is 3.35. The smallest absolute Gasteiger partial charge is 0.152 e. The maximum absolute atomic E-state index is 12.1. The maximum atomic E-state index is 12.1. The van der Waals surface area contributed by atoms with Crippen LogP contribution in [-0.4, -0.2) is 29.3 Å². The minimum Gasteiger partial charge on any atom is -0.298 e. The lowest BCUT2D eigenvalue weighted by molar-refractivity contribution is -0.128. The molecule has 0 aliphatic carbocycles. The van der Waals surface area contributed by atoms with E-state index in [9.17, 15) is 4.79 Å². The van der Waals surface area contributed by atoms with Gasteiger partial charge in [0.25, 0.3) is 0 Å². The van der Waals surface area contributed by atoms with E-state index in [0.717, 1.165) is 13.0 Å². The van der Waals surface area contributed by atoms with E-state index in [-0.39, 0.29) is 12.0 Å². The number of rotatable bonds is 3. The van der Waals surface area contributed by atoms with Gasteiger partial charge in [-0.1, -0.05) is 26.7 Å². The van der Waals surface area contributed by atoms with Crippen LogP contribution in [0.25, 0.3) is 0 Å². The predicted octanol–water partition coefficient (Wildman–Crippen LogP) is 2.86. The summed E-state index contributed by atoms with van der Waals surface area (Å²) in [4.78, 5) is 14.5. The summed E-state index contributed by atoms with van der Waals surface area (Å²) in [6.45, 7) is 9.54. The van der Waals surface area contributed by atoms with Crippen molar-refractivity contribution in [3.63, 3.8) is 0 Å².